The molecule has 0 saturated carbocycles. The van der Waals surface area contributed by atoms with E-state index >= 15 is 0 Å². The van der Waals surface area contributed by atoms with Gasteiger partial charge in [0.1, 0.15) is 0 Å². The van der Waals surface area contributed by atoms with Gasteiger partial charge >= 0.3 is 0 Å². The van der Waals surface area contributed by atoms with E-state index in [0.29, 0.717) is 12.1 Å². The lowest BCUT2D eigenvalue weighted by Gasteiger charge is -2.26. The molecule has 2 aliphatic heterocycles. The van der Waals surface area contributed by atoms with Crippen LogP contribution in [-0.2, 0) is 4.79 Å². The Morgan fingerprint density at radius 2 is 2.08 bits per heavy atom. The molecule has 3 nitrogen and oxygen atoms in total. The summed E-state index contributed by atoms with van der Waals surface area (Å²) >= 11 is 0. The number of nitrogens with one attached hydrogen (secondary N) is 1. The first-order valence-electron chi connectivity index (χ1n) is 4.78. The highest BCUT2D eigenvalue weighted by molar-refractivity contribution is 5.74. The maximum absolute atomic E-state index is 11.3. The number of carbonyl (C=O) groups excluding carboxylic acids is 1. The summed E-state index contributed by atoms with van der Waals surface area (Å²) in [6, 6.07) is 1.01. The van der Waals surface area contributed by atoms with Crippen LogP contribution in [0.4, 0.5) is 0 Å². The van der Waals surface area contributed by atoms with Crippen LogP contribution in [-0.4, -0.2) is 36.0 Å². The molecule has 0 aliphatic carbocycles. The molecule has 1 amide bonds. The van der Waals surface area contributed by atoms with Gasteiger partial charge in [-0.25, -0.2) is 0 Å². The highest BCUT2D eigenvalue weighted by atomic mass is 16.2. The Morgan fingerprint density at radius 1 is 1.33 bits per heavy atom. The zero-order valence-corrected chi connectivity index (χ0v) is 7.55. The lowest BCUT2D eigenvalue weighted by atomic mass is 10.1. The fraction of sp³-hybridized carbons (Fsp3) is 0.889. The number of hydrogen-bond donors (Lipinski definition) is 1. The van der Waals surface area contributed by atoms with Crippen LogP contribution in [0.5, 0.6) is 0 Å². The summed E-state index contributed by atoms with van der Waals surface area (Å²) in [4.78, 5) is 13.4. The van der Waals surface area contributed by atoms with Gasteiger partial charge in [0.2, 0.25) is 5.91 Å². The van der Waals surface area contributed by atoms with Crippen LogP contribution >= 0.6 is 0 Å². The Labute approximate surface area is 73.1 Å². The largest absolute Gasteiger partial charge is 0.336 e. The molecule has 0 spiro atoms. The van der Waals surface area contributed by atoms with E-state index in [0.717, 1.165) is 19.5 Å². The maximum Gasteiger partial charge on any atom is 0.219 e. The van der Waals surface area contributed by atoms with Gasteiger partial charge < -0.3 is 10.2 Å². The van der Waals surface area contributed by atoms with Gasteiger partial charge in [-0.05, 0) is 25.8 Å². The van der Waals surface area contributed by atoms with Gasteiger partial charge in [0.25, 0.3) is 0 Å². The molecule has 2 aliphatic rings. The third-order valence-electron chi connectivity index (χ3n) is 3.02. The maximum atomic E-state index is 11.3. The van der Waals surface area contributed by atoms with Crippen molar-refractivity contribution in [2.24, 2.45) is 0 Å². The lowest BCUT2D eigenvalue weighted by molar-refractivity contribution is -0.131. The number of fused-ring (bicyclic) bond motifs is 2. The SMILES string of the molecule is CC(=O)N1C2CCNCC1CC2. The molecule has 3 heteroatoms. The molecule has 2 heterocycles. The smallest absolute Gasteiger partial charge is 0.219 e. The Hall–Kier alpha value is -0.570. The number of hydrogen-bond acceptors (Lipinski definition) is 2. The van der Waals surface area contributed by atoms with Crippen molar-refractivity contribution in [3.63, 3.8) is 0 Å². The third-order valence-corrected chi connectivity index (χ3v) is 3.02. The summed E-state index contributed by atoms with van der Waals surface area (Å²) in [7, 11) is 0. The van der Waals surface area contributed by atoms with Gasteiger partial charge in [-0.3, -0.25) is 4.79 Å². The second-order valence-corrected chi connectivity index (χ2v) is 3.80. The van der Waals surface area contributed by atoms with Gasteiger partial charge in [0.05, 0.1) is 0 Å². The summed E-state index contributed by atoms with van der Waals surface area (Å²) in [6.45, 7) is 3.76. The summed E-state index contributed by atoms with van der Waals surface area (Å²) in [5, 5.41) is 3.37. The Balaban J connectivity index is 2.14. The third kappa shape index (κ3) is 1.22. The quantitative estimate of drug-likeness (QED) is 0.566. The van der Waals surface area contributed by atoms with Gasteiger partial charge in [0.15, 0.2) is 0 Å². The molecule has 12 heavy (non-hydrogen) atoms. The van der Waals surface area contributed by atoms with E-state index in [4.69, 9.17) is 0 Å². The van der Waals surface area contributed by atoms with Crippen molar-refractivity contribution in [3.05, 3.63) is 0 Å². The van der Waals surface area contributed by atoms with Crippen molar-refractivity contribution in [2.75, 3.05) is 13.1 Å². The molecule has 0 aromatic heterocycles. The average Bonchev–Trinajstić information content (AvgIpc) is 2.24. The Morgan fingerprint density at radius 3 is 2.83 bits per heavy atom. The van der Waals surface area contributed by atoms with Gasteiger partial charge in [0, 0.05) is 25.6 Å². The van der Waals surface area contributed by atoms with E-state index < -0.39 is 0 Å². The van der Waals surface area contributed by atoms with E-state index in [-0.39, 0.29) is 5.91 Å². The van der Waals surface area contributed by atoms with Crippen LogP contribution < -0.4 is 5.32 Å². The minimum Gasteiger partial charge on any atom is -0.336 e. The zero-order valence-electron chi connectivity index (χ0n) is 7.55. The van der Waals surface area contributed by atoms with Gasteiger partial charge in [-0.1, -0.05) is 0 Å². The van der Waals surface area contributed by atoms with Crippen molar-refractivity contribution >= 4 is 5.91 Å². The molecule has 0 aromatic carbocycles. The molecule has 2 fully saturated rings. The number of rotatable bonds is 0. The molecule has 2 rings (SSSR count). The van der Waals surface area contributed by atoms with Crippen molar-refractivity contribution in [3.8, 4) is 0 Å². The molecule has 0 aromatic rings. The van der Waals surface area contributed by atoms with E-state index in [9.17, 15) is 4.79 Å². The zero-order chi connectivity index (χ0) is 8.55. The predicted molar refractivity (Wildman–Crippen MR) is 46.8 cm³/mol. The predicted octanol–water partition coefficient (Wildman–Crippen LogP) is 0.359. The van der Waals surface area contributed by atoms with E-state index in [1.54, 1.807) is 6.92 Å². The van der Waals surface area contributed by atoms with Crippen LogP contribution in [0.25, 0.3) is 0 Å². The standard InChI is InChI=1S/C9H16N2O/c1-7(12)11-8-2-3-9(11)6-10-5-4-8/h8-10H,2-6H2,1H3. The normalized spacial score (nSPS) is 34.9. The summed E-state index contributed by atoms with van der Waals surface area (Å²) < 4.78 is 0. The Bertz CT molecular complexity index is 179. The van der Waals surface area contributed by atoms with E-state index in [1.165, 1.54) is 12.8 Å². The lowest BCUT2D eigenvalue weighted by Crippen LogP contribution is -2.41. The van der Waals surface area contributed by atoms with Crippen molar-refractivity contribution in [1.82, 2.24) is 10.2 Å². The first-order chi connectivity index (χ1) is 5.79. The van der Waals surface area contributed by atoms with E-state index in [2.05, 4.69) is 10.2 Å². The summed E-state index contributed by atoms with van der Waals surface area (Å²) in [6.07, 6.45) is 3.54. The fourth-order valence-corrected chi connectivity index (χ4v) is 2.50. The molecule has 1 N–H and O–H groups in total. The van der Waals surface area contributed by atoms with Crippen molar-refractivity contribution in [2.45, 2.75) is 38.3 Å². The molecule has 2 atom stereocenters. The molecule has 2 saturated heterocycles. The Kier molecular flexibility index (Phi) is 2.05. The van der Waals surface area contributed by atoms with Crippen molar-refractivity contribution < 1.29 is 4.79 Å². The fourth-order valence-electron chi connectivity index (χ4n) is 2.50. The van der Waals surface area contributed by atoms with Gasteiger partial charge in [-0.2, -0.15) is 0 Å². The average molecular weight is 168 g/mol. The van der Waals surface area contributed by atoms with Crippen LogP contribution in [0.1, 0.15) is 26.2 Å². The first-order valence-corrected chi connectivity index (χ1v) is 4.78. The number of carbonyl (C=O) groups is 1. The minimum absolute atomic E-state index is 0.256. The second-order valence-electron chi connectivity index (χ2n) is 3.80. The topological polar surface area (TPSA) is 32.3 Å². The van der Waals surface area contributed by atoms with Crippen LogP contribution in [0.3, 0.4) is 0 Å². The molecular weight excluding hydrogens is 152 g/mol. The molecule has 0 radical (unpaired) electrons. The summed E-state index contributed by atoms with van der Waals surface area (Å²) in [5.41, 5.74) is 0. The van der Waals surface area contributed by atoms with Crippen LogP contribution in [0.2, 0.25) is 0 Å². The first kappa shape index (κ1) is 8.05. The number of nitrogens with zero attached hydrogens (tertiary/aromatic N) is 1. The highest BCUT2D eigenvalue weighted by Crippen LogP contribution is 2.27. The van der Waals surface area contributed by atoms with Crippen molar-refractivity contribution in [1.29, 1.82) is 0 Å². The minimum atomic E-state index is 0.256. The highest BCUT2D eigenvalue weighted by Gasteiger charge is 2.35. The van der Waals surface area contributed by atoms with Gasteiger partial charge in [-0.15, -0.1) is 0 Å². The van der Waals surface area contributed by atoms with Crippen LogP contribution in [0.15, 0.2) is 0 Å². The molecule has 2 unspecified atom stereocenters. The molecular formula is C9H16N2O. The molecule has 2 bridgehead atoms. The second kappa shape index (κ2) is 3.05. The van der Waals surface area contributed by atoms with E-state index in [1.807, 2.05) is 0 Å². The molecule has 68 valence electrons. The van der Waals surface area contributed by atoms with Crippen LogP contribution in [0, 0.1) is 0 Å². The number of amides is 1. The summed E-state index contributed by atoms with van der Waals surface area (Å²) in [5.74, 6) is 0.256. The monoisotopic (exact) mass is 168 g/mol.